The Morgan fingerprint density at radius 2 is 1.73 bits per heavy atom. The normalized spacial score (nSPS) is 11.0. The van der Waals surface area contributed by atoms with Gasteiger partial charge in [-0.1, -0.05) is 12.1 Å². The summed E-state index contributed by atoms with van der Waals surface area (Å²) in [5.74, 6) is 1.97. The summed E-state index contributed by atoms with van der Waals surface area (Å²) in [5, 5.41) is 0.792. The van der Waals surface area contributed by atoms with E-state index in [4.69, 9.17) is 30.8 Å². The van der Waals surface area contributed by atoms with Crippen molar-refractivity contribution in [2.24, 2.45) is 0 Å². The highest BCUT2D eigenvalue weighted by molar-refractivity contribution is 7.71. The van der Waals surface area contributed by atoms with Gasteiger partial charge in [0, 0.05) is 23.7 Å². The maximum atomic E-state index is 13.1. The van der Waals surface area contributed by atoms with Crippen molar-refractivity contribution in [2.75, 3.05) is 14.2 Å². The Morgan fingerprint density at radius 1 is 0.939 bits per heavy atom. The lowest BCUT2D eigenvalue weighted by Crippen LogP contribution is -2.20. The average molecular weight is 459 g/mol. The van der Waals surface area contributed by atoms with Gasteiger partial charge < -0.3 is 18.6 Å². The molecule has 0 aliphatic heterocycles. The maximum Gasteiger partial charge on any atom is 0.288 e. The Labute approximate surface area is 192 Å². The topological polar surface area (TPSA) is 88.6 Å². The van der Waals surface area contributed by atoms with Crippen molar-refractivity contribution in [3.8, 4) is 28.8 Å². The van der Waals surface area contributed by atoms with E-state index in [2.05, 4.69) is 9.97 Å². The molecule has 5 aromatic rings. The van der Waals surface area contributed by atoms with Gasteiger partial charge in [-0.05, 0) is 48.6 Å². The predicted octanol–water partition coefficient (Wildman–Crippen LogP) is 5.07. The Balaban J connectivity index is 1.57. The Morgan fingerprint density at radius 3 is 2.52 bits per heavy atom. The molecule has 5 rings (SSSR count). The van der Waals surface area contributed by atoms with E-state index in [0.717, 1.165) is 5.39 Å². The second kappa shape index (κ2) is 8.36. The van der Waals surface area contributed by atoms with Crippen LogP contribution in [0.2, 0.25) is 0 Å². The maximum absolute atomic E-state index is 13.1. The monoisotopic (exact) mass is 459 g/mol. The Hall–Kier alpha value is -4.24. The quantitative estimate of drug-likeness (QED) is 0.337. The van der Waals surface area contributed by atoms with E-state index >= 15 is 0 Å². The van der Waals surface area contributed by atoms with Gasteiger partial charge in [0.2, 0.25) is 11.5 Å². The lowest BCUT2D eigenvalue weighted by molar-refractivity contribution is 0.374. The largest absolute Gasteiger partial charge is 0.493 e. The van der Waals surface area contributed by atoms with Crippen molar-refractivity contribution in [3.05, 3.63) is 82.1 Å². The number of hydrogen-bond acceptors (Lipinski definition) is 8. The van der Waals surface area contributed by atoms with Crippen LogP contribution in [0.1, 0.15) is 0 Å². The average Bonchev–Trinajstić information content (AvgIpc) is 2.84. The molecule has 2 aromatic carbocycles. The zero-order valence-electron chi connectivity index (χ0n) is 17.6. The molecule has 0 amide bonds. The molecule has 164 valence electrons. The summed E-state index contributed by atoms with van der Waals surface area (Å²) in [6, 6.07) is 17.9. The number of nitrogens with zero attached hydrogens (tertiary/aromatic N) is 3. The standard InChI is InChI=1S/C24H17N3O5S/c1-29-17-5-3-4-6-18(17)31-20-10-7-14-13-15(8-9-16(14)26-20)27-23(28)21-22(32-24(27)33)19(30-2)11-12-25-21/h3-13H,1-2H3. The van der Waals surface area contributed by atoms with E-state index in [1.165, 1.54) is 17.9 Å². The number of methoxy groups -OCH3 is 2. The van der Waals surface area contributed by atoms with Crippen molar-refractivity contribution >= 4 is 34.2 Å². The van der Waals surface area contributed by atoms with Crippen LogP contribution in [0.5, 0.6) is 23.1 Å². The number of ether oxygens (including phenoxy) is 3. The fourth-order valence-electron chi connectivity index (χ4n) is 3.49. The molecule has 3 aromatic heterocycles. The first kappa shape index (κ1) is 20.7. The molecule has 8 nitrogen and oxygen atoms in total. The van der Waals surface area contributed by atoms with Crippen molar-refractivity contribution in [2.45, 2.75) is 0 Å². The predicted molar refractivity (Wildman–Crippen MR) is 125 cm³/mol. The first-order chi connectivity index (χ1) is 16.1. The molecule has 0 saturated carbocycles. The number of pyridine rings is 2. The number of benzene rings is 2. The third-order valence-electron chi connectivity index (χ3n) is 5.05. The molecule has 0 saturated heterocycles. The lowest BCUT2D eigenvalue weighted by Gasteiger charge is -2.11. The minimum absolute atomic E-state index is 0.0118. The molecule has 33 heavy (non-hydrogen) atoms. The van der Waals surface area contributed by atoms with Crippen LogP contribution in [0, 0.1) is 4.84 Å². The van der Waals surface area contributed by atoms with E-state index in [1.807, 2.05) is 24.3 Å². The Bertz CT molecular complexity index is 1630. The van der Waals surface area contributed by atoms with Crippen LogP contribution in [0.15, 0.2) is 76.1 Å². The second-order valence-corrected chi connectivity index (χ2v) is 7.33. The van der Waals surface area contributed by atoms with Crippen molar-refractivity contribution in [3.63, 3.8) is 0 Å². The number of rotatable bonds is 5. The highest BCUT2D eigenvalue weighted by Crippen LogP contribution is 2.31. The molecule has 0 aliphatic carbocycles. The van der Waals surface area contributed by atoms with Crippen LogP contribution in [0.25, 0.3) is 27.7 Å². The van der Waals surface area contributed by atoms with Crippen LogP contribution in [-0.4, -0.2) is 28.8 Å². The van der Waals surface area contributed by atoms with E-state index in [9.17, 15) is 4.79 Å². The van der Waals surface area contributed by atoms with E-state index in [-0.39, 0.29) is 15.9 Å². The number of para-hydroxylation sites is 2. The molecule has 0 fully saturated rings. The summed E-state index contributed by atoms with van der Waals surface area (Å²) in [5.41, 5.74) is 1.16. The fraction of sp³-hybridized carbons (Fsp3) is 0.0833. The highest BCUT2D eigenvalue weighted by atomic mass is 32.1. The van der Waals surface area contributed by atoms with Crippen LogP contribution >= 0.6 is 12.2 Å². The first-order valence-corrected chi connectivity index (χ1v) is 10.3. The lowest BCUT2D eigenvalue weighted by atomic mass is 10.2. The minimum Gasteiger partial charge on any atom is -0.493 e. The summed E-state index contributed by atoms with van der Waals surface area (Å²) >= 11 is 5.36. The van der Waals surface area contributed by atoms with Gasteiger partial charge in [0.1, 0.15) is 0 Å². The highest BCUT2D eigenvalue weighted by Gasteiger charge is 2.15. The SMILES string of the molecule is COc1ccccc1Oc1ccc2cc(-n3c(=S)oc4c(OC)ccnc4c3=O)ccc2n1. The zero-order valence-corrected chi connectivity index (χ0v) is 18.5. The molecule has 0 unspecified atom stereocenters. The molecule has 0 bridgehead atoms. The summed E-state index contributed by atoms with van der Waals surface area (Å²) in [6.45, 7) is 0. The molecule has 0 N–H and O–H groups in total. The third-order valence-corrected chi connectivity index (χ3v) is 5.32. The zero-order chi connectivity index (χ0) is 22.9. The summed E-state index contributed by atoms with van der Waals surface area (Å²) in [7, 11) is 3.07. The molecule has 0 radical (unpaired) electrons. The van der Waals surface area contributed by atoms with Gasteiger partial charge in [0.05, 0.1) is 25.4 Å². The third kappa shape index (κ3) is 3.68. The molecule has 0 atom stereocenters. The molecule has 9 heteroatoms. The van der Waals surface area contributed by atoms with E-state index in [0.29, 0.717) is 34.3 Å². The summed E-state index contributed by atoms with van der Waals surface area (Å²) in [6.07, 6.45) is 1.49. The van der Waals surface area contributed by atoms with Crippen molar-refractivity contribution < 1.29 is 18.6 Å². The second-order valence-electron chi connectivity index (χ2n) is 6.98. The van der Waals surface area contributed by atoms with Crippen LogP contribution in [0.4, 0.5) is 0 Å². The molecule has 0 spiro atoms. The summed E-state index contributed by atoms with van der Waals surface area (Å²) < 4.78 is 23.5. The molecular weight excluding hydrogens is 442 g/mol. The van der Waals surface area contributed by atoms with Gasteiger partial charge >= 0.3 is 0 Å². The van der Waals surface area contributed by atoms with Crippen LogP contribution in [0.3, 0.4) is 0 Å². The van der Waals surface area contributed by atoms with Crippen molar-refractivity contribution in [1.82, 2.24) is 14.5 Å². The van der Waals surface area contributed by atoms with Gasteiger partial charge in [-0.25, -0.2) is 14.5 Å². The van der Waals surface area contributed by atoms with Gasteiger partial charge in [-0.15, -0.1) is 0 Å². The first-order valence-electron chi connectivity index (χ1n) is 9.90. The van der Waals surface area contributed by atoms with E-state index < -0.39 is 5.56 Å². The van der Waals surface area contributed by atoms with Crippen LogP contribution in [-0.2, 0) is 0 Å². The number of hydrogen-bond donors (Lipinski definition) is 0. The van der Waals surface area contributed by atoms with E-state index in [1.54, 1.807) is 43.5 Å². The number of fused-ring (bicyclic) bond motifs is 2. The number of aromatic nitrogens is 3. The smallest absolute Gasteiger partial charge is 0.288 e. The van der Waals surface area contributed by atoms with Gasteiger partial charge in [0.15, 0.2) is 22.8 Å². The van der Waals surface area contributed by atoms with Crippen LogP contribution < -0.4 is 19.8 Å². The fourth-order valence-corrected chi connectivity index (χ4v) is 3.76. The molecule has 3 heterocycles. The minimum atomic E-state index is -0.399. The Kier molecular flexibility index (Phi) is 5.23. The van der Waals surface area contributed by atoms with Gasteiger partial charge in [0.25, 0.3) is 10.4 Å². The van der Waals surface area contributed by atoms with Gasteiger partial charge in [-0.3, -0.25) is 4.79 Å². The van der Waals surface area contributed by atoms with Gasteiger partial charge in [-0.2, -0.15) is 0 Å². The molecule has 0 aliphatic rings. The molecular formula is C24H17N3O5S. The summed E-state index contributed by atoms with van der Waals surface area (Å²) in [4.78, 5) is 21.8. The van der Waals surface area contributed by atoms with Crippen molar-refractivity contribution in [1.29, 1.82) is 0 Å².